The normalized spacial score (nSPS) is 43.6. The number of ether oxygens (including phenoxy) is 1. The monoisotopic (exact) mass is 130 g/mol. The third kappa shape index (κ3) is 1.44. The van der Waals surface area contributed by atoms with Crippen LogP contribution < -0.4 is 0 Å². The lowest BCUT2D eigenvalue weighted by Gasteiger charge is -2.08. The van der Waals surface area contributed by atoms with Crippen molar-refractivity contribution in [2.45, 2.75) is 24.6 Å². The third-order valence-corrected chi connectivity index (χ3v) is 1.59. The molecular formula is C5H11BO3. The fourth-order valence-corrected chi connectivity index (χ4v) is 1.10. The summed E-state index contributed by atoms with van der Waals surface area (Å²) in [5.74, 6) is 0. The average molecular weight is 130 g/mol. The van der Waals surface area contributed by atoms with E-state index in [4.69, 9.17) is 14.9 Å². The zero-order valence-corrected chi connectivity index (χ0v) is 5.45. The molecule has 0 spiro atoms. The van der Waals surface area contributed by atoms with Crippen molar-refractivity contribution in [2.75, 3.05) is 6.61 Å². The van der Waals surface area contributed by atoms with Gasteiger partial charge in [0.25, 0.3) is 0 Å². The lowest BCUT2D eigenvalue weighted by atomic mass is 9.96. The topological polar surface area (TPSA) is 49.7 Å². The van der Waals surface area contributed by atoms with Crippen LogP contribution >= 0.6 is 0 Å². The van der Waals surface area contributed by atoms with E-state index in [0.29, 0.717) is 6.42 Å². The molecule has 0 bridgehead atoms. The van der Waals surface area contributed by atoms with Crippen molar-refractivity contribution in [3.05, 3.63) is 0 Å². The fourth-order valence-electron chi connectivity index (χ4n) is 1.10. The molecule has 0 aromatic carbocycles. The molecule has 4 heteroatoms. The van der Waals surface area contributed by atoms with Gasteiger partial charge in [-0.15, -0.1) is 0 Å². The highest BCUT2D eigenvalue weighted by Crippen LogP contribution is 2.17. The Morgan fingerprint density at radius 3 is 2.56 bits per heavy atom. The van der Waals surface area contributed by atoms with Gasteiger partial charge in [0.05, 0.1) is 12.7 Å². The van der Waals surface area contributed by atoms with E-state index in [2.05, 4.69) is 0 Å². The molecule has 1 heterocycles. The van der Waals surface area contributed by atoms with Gasteiger partial charge in [-0.1, -0.05) is 0 Å². The minimum Gasteiger partial charge on any atom is -0.394 e. The van der Waals surface area contributed by atoms with Crippen LogP contribution in [0.3, 0.4) is 0 Å². The Labute approximate surface area is 55.0 Å². The van der Waals surface area contributed by atoms with Crippen molar-refractivity contribution in [2.24, 2.45) is 0 Å². The molecule has 0 aromatic rings. The van der Waals surface area contributed by atoms with Gasteiger partial charge in [0.1, 0.15) is 14.0 Å². The Hall–Kier alpha value is -0.0551. The van der Waals surface area contributed by atoms with Gasteiger partial charge in [0, 0.05) is 6.00 Å². The molecule has 1 saturated heterocycles. The highest BCUT2D eigenvalue weighted by Gasteiger charge is 2.29. The summed E-state index contributed by atoms with van der Waals surface area (Å²) >= 11 is 0. The Morgan fingerprint density at radius 2 is 2.33 bits per heavy atom. The van der Waals surface area contributed by atoms with Gasteiger partial charge in [-0.25, -0.2) is 0 Å². The van der Waals surface area contributed by atoms with Crippen molar-refractivity contribution >= 4 is 7.85 Å². The first-order chi connectivity index (χ1) is 4.24. The number of hydrogen-bond acceptors (Lipinski definition) is 3. The number of rotatable bonds is 1. The molecule has 0 aromatic heterocycles. The van der Waals surface area contributed by atoms with E-state index in [1.165, 1.54) is 0 Å². The van der Waals surface area contributed by atoms with Crippen LogP contribution in [-0.2, 0) is 4.74 Å². The van der Waals surface area contributed by atoms with Crippen LogP contribution in [-0.4, -0.2) is 42.9 Å². The first kappa shape index (κ1) is 7.06. The molecule has 2 N–H and O–H groups in total. The lowest BCUT2D eigenvalue weighted by molar-refractivity contribution is -0.00408. The molecule has 0 radical (unpaired) electrons. The highest BCUT2D eigenvalue weighted by atomic mass is 16.5. The minimum atomic E-state index is -0.468. The second kappa shape index (κ2) is 2.69. The van der Waals surface area contributed by atoms with E-state index < -0.39 is 6.10 Å². The molecular weight excluding hydrogens is 119 g/mol. The smallest absolute Gasteiger partial charge is 0.139 e. The van der Waals surface area contributed by atoms with Crippen LogP contribution in [0.4, 0.5) is 0 Å². The van der Waals surface area contributed by atoms with E-state index in [9.17, 15) is 0 Å². The van der Waals surface area contributed by atoms with E-state index in [1.807, 2.05) is 7.85 Å². The molecule has 1 aliphatic heterocycles. The molecule has 0 saturated carbocycles. The van der Waals surface area contributed by atoms with Crippen molar-refractivity contribution in [3.63, 3.8) is 0 Å². The van der Waals surface area contributed by atoms with Crippen LogP contribution in [0.2, 0.25) is 0 Å². The number of aliphatic hydroxyl groups excluding tert-OH is 2. The molecule has 3 atom stereocenters. The molecule has 52 valence electrons. The summed E-state index contributed by atoms with van der Waals surface area (Å²) in [6.45, 7) is -0.0779. The van der Waals surface area contributed by atoms with E-state index in [-0.39, 0.29) is 18.7 Å². The summed E-state index contributed by atoms with van der Waals surface area (Å²) in [5, 5.41) is 17.6. The van der Waals surface area contributed by atoms with Crippen molar-refractivity contribution in [1.82, 2.24) is 0 Å². The van der Waals surface area contributed by atoms with Gasteiger partial charge in [0.15, 0.2) is 0 Å². The SMILES string of the molecule is BC1CC(O)C(CO)O1. The maximum absolute atomic E-state index is 9.07. The predicted molar refractivity (Wildman–Crippen MR) is 34.9 cm³/mol. The van der Waals surface area contributed by atoms with Gasteiger partial charge in [-0.2, -0.15) is 0 Å². The summed E-state index contributed by atoms with van der Waals surface area (Å²) in [6, 6.07) is 0.0946. The number of aliphatic hydroxyl groups is 2. The van der Waals surface area contributed by atoms with E-state index in [1.54, 1.807) is 0 Å². The van der Waals surface area contributed by atoms with Gasteiger partial charge in [0.2, 0.25) is 0 Å². The van der Waals surface area contributed by atoms with E-state index in [0.717, 1.165) is 0 Å². The zero-order chi connectivity index (χ0) is 6.85. The molecule has 0 amide bonds. The maximum Gasteiger partial charge on any atom is 0.139 e. The lowest BCUT2D eigenvalue weighted by Crippen LogP contribution is -2.24. The van der Waals surface area contributed by atoms with Crippen molar-refractivity contribution in [1.29, 1.82) is 0 Å². The van der Waals surface area contributed by atoms with E-state index >= 15 is 0 Å². The van der Waals surface area contributed by atoms with Crippen molar-refractivity contribution < 1.29 is 14.9 Å². The molecule has 3 unspecified atom stereocenters. The highest BCUT2D eigenvalue weighted by molar-refractivity contribution is 6.11. The Morgan fingerprint density at radius 1 is 1.67 bits per heavy atom. The largest absolute Gasteiger partial charge is 0.394 e. The van der Waals surface area contributed by atoms with Crippen LogP contribution in [0.5, 0.6) is 0 Å². The van der Waals surface area contributed by atoms with Crippen molar-refractivity contribution in [3.8, 4) is 0 Å². The Kier molecular flexibility index (Phi) is 2.11. The molecule has 3 nitrogen and oxygen atoms in total. The summed E-state index contributed by atoms with van der Waals surface area (Å²) in [7, 11) is 1.89. The minimum absolute atomic E-state index is 0.0779. The van der Waals surface area contributed by atoms with Gasteiger partial charge < -0.3 is 14.9 Å². The Balaban J connectivity index is 2.38. The van der Waals surface area contributed by atoms with Crippen LogP contribution in [0.1, 0.15) is 6.42 Å². The zero-order valence-electron chi connectivity index (χ0n) is 5.45. The fraction of sp³-hybridized carbons (Fsp3) is 1.00. The van der Waals surface area contributed by atoms with Gasteiger partial charge >= 0.3 is 0 Å². The second-order valence-electron chi connectivity index (χ2n) is 2.47. The van der Waals surface area contributed by atoms with Crippen LogP contribution in [0.25, 0.3) is 0 Å². The predicted octanol–water partition coefficient (Wildman–Crippen LogP) is -1.91. The van der Waals surface area contributed by atoms with Gasteiger partial charge in [-0.05, 0) is 6.42 Å². The standard InChI is InChI=1S/C5H11BO3/c6-5-1-3(8)4(2-7)9-5/h3-5,7-8H,1-2,6H2. The number of hydrogen-bond donors (Lipinski definition) is 2. The maximum atomic E-state index is 9.07. The second-order valence-corrected chi connectivity index (χ2v) is 2.47. The Bertz CT molecular complexity index is 98.2. The third-order valence-electron chi connectivity index (χ3n) is 1.59. The molecule has 1 aliphatic rings. The summed E-state index contributed by atoms with van der Waals surface area (Å²) < 4.78 is 5.12. The van der Waals surface area contributed by atoms with Crippen LogP contribution in [0, 0.1) is 0 Å². The summed E-state index contributed by atoms with van der Waals surface area (Å²) in [4.78, 5) is 0. The van der Waals surface area contributed by atoms with Gasteiger partial charge in [-0.3, -0.25) is 0 Å². The molecule has 9 heavy (non-hydrogen) atoms. The average Bonchev–Trinajstić information content (AvgIpc) is 2.10. The van der Waals surface area contributed by atoms with Crippen LogP contribution in [0.15, 0.2) is 0 Å². The first-order valence-electron chi connectivity index (χ1n) is 3.18. The quantitative estimate of drug-likeness (QED) is 0.407. The summed E-state index contributed by atoms with van der Waals surface area (Å²) in [5.41, 5.74) is 0. The first-order valence-corrected chi connectivity index (χ1v) is 3.18. The summed E-state index contributed by atoms with van der Waals surface area (Å²) in [6.07, 6.45) is -0.171. The molecule has 0 aliphatic carbocycles. The molecule has 1 rings (SSSR count). The molecule has 1 fully saturated rings.